The van der Waals surface area contributed by atoms with Gasteiger partial charge in [0.15, 0.2) is 11.9 Å². The maximum absolute atomic E-state index is 12.4. The first-order valence-electron chi connectivity index (χ1n) is 10.9. The zero-order valence-corrected chi connectivity index (χ0v) is 17.6. The number of carbonyl (C=O) groups excluding carboxylic acids is 3. The smallest absolute Gasteiger partial charge is 0.407 e. The summed E-state index contributed by atoms with van der Waals surface area (Å²) in [7, 11) is 0. The second-order valence-electron chi connectivity index (χ2n) is 8.36. The Balaban J connectivity index is 1.24. The third-order valence-electron chi connectivity index (χ3n) is 6.06. The first-order chi connectivity index (χ1) is 15.0. The molecule has 1 saturated carbocycles. The lowest BCUT2D eigenvalue weighted by Crippen LogP contribution is -2.46. The predicted octanol–water partition coefficient (Wildman–Crippen LogP) is 2.60. The third kappa shape index (κ3) is 5.34. The number of urea groups is 1. The Bertz CT molecular complexity index is 808. The van der Waals surface area contributed by atoms with Crippen LogP contribution in [0.2, 0.25) is 0 Å². The molecule has 2 saturated heterocycles. The Kier molecular flexibility index (Phi) is 6.72. The maximum Gasteiger partial charge on any atom is 0.407 e. The summed E-state index contributed by atoms with van der Waals surface area (Å²) < 4.78 is 17.1. The largest absolute Gasteiger partial charge is 0.441 e. The molecular formula is C22H29N3O6. The van der Waals surface area contributed by atoms with Gasteiger partial charge in [0.25, 0.3) is 0 Å². The van der Waals surface area contributed by atoms with Crippen LogP contribution in [0.4, 0.5) is 15.3 Å². The Morgan fingerprint density at radius 2 is 1.65 bits per heavy atom. The molecule has 2 heterocycles. The van der Waals surface area contributed by atoms with E-state index in [0.29, 0.717) is 11.3 Å². The number of ketones is 1. The highest BCUT2D eigenvalue weighted by molar-refractivity contribution is 5.95. The second-order valence-corrected chi connectivity index (χ2v) is 8.36. The van der Waals surface area contributed by atoms with Crippen LogP contribution in [0, 0.1) is 0 Å². The van der Waals surface area contributed by atoms with Crippen LogP contribution in [0.3, 0.4) is 0 Å². The minimum absolute atomic E-state index is 0.0345. The molecule has 0 aromatic heterocycles. The van der Waals surface area contributed by atoms with Gasteiger partial charge in [0, 0.05) is 17.3 Å². The summed E-state index contributed by atoms with van der Waals surface area (Å²) in [4.78, 5) is 35.9. The van der Waals surface area contributed by atoms with Crippen molar-refractivity contribution in [3.63, 3.8) is 0 Å². The molecule has 0 bridgehead atoms. The summed E-state index contributed by atoms with van der Waals surface area (Å²) in [5, 5.41) is 8.52. The Morgan fingerprint density at radius 3 is 2.35 bits per heavy atom. The van der Waals surface area contributed by atoms with Crippen molar-refractivity contribution >= 4 is 23.6 Å². The van der Waals surface area contributed by atoms with Crippen LogP contribution < -0.4 is 16.0 Å². The Hall–Kier alpha value is -2.65. The molecule has 1 aromatic carbocycles. The molecule has 168 valence electrons. The van der Waals surface area contributed by atoms with Crippen molar-refractivity contribution in [2.45, 2.75) is 69.4 Å². The zero-order chi connectivity index (χ0) is 21.8. The number of anilines is 1. The van der Waals surface area contributed by atoms with Crippen molar-refractivity contribution in [1.82, 2.24) is 10.6 Å². The lowest BCUT2D eigenvalue weighted by atomic mass is 9.96. The van der Waals surface area contributed by atoms with E-state index in [1.807, 2.05) is 0 Å². The number of carbonyl (C=O) groups is 3. The first kappa shape index (κ1) is 21.6. The van der Waals surface area contributed by atoms with Crippen molar-refractivity contribution in [3.8, 4) is 0 Å². The molecular weight excluding hydrogens is 402 g/mol. The fourth-order valence-corrected chi connectivity index (χ4v) is 4.40. The van der Waals surface area contributed by atoms with Gasteiger partial charge in [-0.05, 0) is 44.0 Å². The summed E-state index contributed by atoms with van der Waals surface area (Å²) >= 11 is 0. The minimum Gasteiger partial charge on any atom is -0.441 e. The number of benzene rings is 1. The van der Waals surface area contributed by atoms with Gasteiger partial charge in [0.1, 0.15) is 12.2 Å². The molecule has 0 radical (unpaired) electrons. The molecule has 9 nitrogen and oxygen atoms in total. The van der Waals surface area contributed by atoms with E-state index >= 15 is 0 Å². The normalized spacial score (nSPS) is 27.9. The molecule has 1 aromatic rings. The summed E-state index contributed by atoms with van der Waals surface area (Å²) in [6.45, 7) is 2.00. The maximum atomic E-state index is 12.4. The van der Waals surface area contributed by atoms with Crippen LogP contribution in [-0.2, 0) is 14.2 Å². The summed E-state index contributed by atoms with van der Waals surface area (Å²) in [5.74, 6) is -0.0345. The predicted molar refractivity (Wildman–Crippen MR) is 112 cm³/mol. The molecule has 4 unspecified atom stereocenters. The Morgan fingerprint density at radius 1 is 0.935 bits per heavy atom. The number of Topliss-reactive ketones (excluding diaryl/α,β-unsaturated/α-hetero) is 1. The molecule has 4 rings (SSSR count). The Labute approximate surface area is 181 Å². The van der Waals surface area contributed by atoms with E-state index in [-0.39, 0.29) is 37.2 Å². The van der Waals surface area contributed by atoms with Gasteiger partial charge in [0.05, 0.1) is 19.3 Å². The summed E-state index contributed by atoms with van der Waals surface area (Å²) in [6.07, 6.45) is 3.72. The van der Waals surface area contributed by atoms with Crippen molar-refractivity contribution in [3.05, 3.63) is 29.8 Å². The zero-order valence-electron chi connectivity index (χ0n) is 17.6. The molecule has 0 spiro atoms. The molecule has 31 heavy (non-hydrogen) atoms. The number of hydrogen-bond acceptors (Lipinski definition) is 6. The quantitative estimate of drug-likeness (QED) is 0.618. The van der Waals surface area contributed by atoms with E-state index < -0.39 is 24.3 Å². The van der Waals surface area contributed by atoms with Crippen LogP contribution in [-0.4, -0.2) is 61.5 Å². The van der Waals surface area contributed by atoms with Crippen LogP contribution in [0.15, 0.2) is 24.3 Å². The van der Waals surface area contributed by atoms with Crippen LogP contribution >= 0.6 is 0 Å². The van der Waals surface area contributed by atoms with Crippen LogP contribution in [0.25, 0.3) is 0 Å². The van der Waals surface area contributed by atoms with Gasteiger partial charge in [-0.1, -0.05) is 19.3 Å². The van der Waals surface area contributed by atoms with Gasteiger partial charge >= 0.3 is 12.1 Å². The fourth-order valence-electron chi connectivity index (χ4n) is 4.40. The number of ether oxygens (including phenoxy) is 3. The SMILES string of the molecule is CC(=O)c1ccc(NC(=O)NC2COC3C(OC(=O)NC4CCCCC4)COC23)cc1. The molecule has 2 aliphatic heterocycles. The van der Waals surface area contributed by atoms with Gasteiger partial charge in [-0.25, -0.2) is 9.59 Å². The monoisotopic (exact) mass is 431 g/mol. The minimum atomic E-state index is -0.498. The van der Waals surface area contributed by atoms with Crippen molar-refractivity contribution < 1.29 is 28.6 Å². The van der Waals surface area contributed by atoms with Gasteiger partial charge in [-0.3, -0.25) is 4.79 Å². The molecule has 1 aliphatic carbocycles. The average molecular weight is 431 g/mol. The van der Waals surface area contributed by atoms with E-state index in [1.165, 1.54) is 13.3 Å². The van der Waals surface area contributed by atoms with Gasteiger partial charge in [-0.15, -0.1) is 0 Å². The first-order valence-corrected chi connectivity index (χ1v) is 10.9. The topological polar surface area (TPSA) is 115 Å². The van der Waals surface area contributed by atoms with E-state index in [4.69, 9.17) is 14.2 Å². The lowest BCUT2D eigenvalue weighted by molar-refractivity contribution is 0.00271. The summed E-state index contributed by atoms with van der Waals surface area (Å²) in [6, 6.07) is 6.09. The van der Waals surface area contributed by atoms with E-state index in [0.717, 1.165) is 25.7 Å². The van der Waals surface area contributed by atoms with Crippen molar-refractivity contribution in [2.75, 3.05) is 18.5 Å². The van der Waals surface area contributed by atoms with Crippen LogP contribution in [0.5, 0.6) is 0 Å². The average Bonchev–Trinajstić information content (AvgIpc) is 3.32. The number of fused-ring (bicyclic) bond motifs is 1. The molecule has 3 fully saturated rings. The standard InChI is InChI=1S/C22H29N3O6/c1-13(26)14-7-9-16(10-8-14)23-21(27)25-17-11-29-20-18(12-30-19(17)20)31-22(28)24-15-5-3-2-4-6-15/h7-10,15,17-20H,2-6,11-12H2,1H3,(H,24,28)(H2,23,25,27). The molecule has 3 aliphatic rings. The van der Waals surface area contributed by atoms with Gasteiger partial charge in [-0.2, -0.15) is 0 Å². The number of hydrogen-bond donors (Lipinski definition) is 3. The number of rotatable bonds is 5. The highest BCUT2D eigenvalue weighted by Gasteiger charge is 2.50. The second kappa shape index (κ2) is 9.65. The van der Waals surface area contributed by atoms with Gasteiger partial charge in [0.2, 0.25) is 0 Å². The molecule has 3 amide bonds. The van der Waals surface area contributed by atoms with E-state index in [1.54, 1.807) is 24.3 Å². The van der Waals surface area contributed by atoms with E-state index in [9.17, 15) is 14.4 Å². The number of nitrogens with one attached hydrogen (secondary N) is 3. The van der Waals surface area contributed by atoms with Crippen LogP contribution in [0.1, 0.15) is 49.4 Å². The van der Waals surface area contributed by atoms with Crippen molar-refractivity contribution in [2.24, 2.45) is 0 Å². The molecule has 9 heteroatoms. The third-order valence-corrected chi connectivity index (χ3v) is 6.06. The highest BCUT2D eigenvalue weighted by Crippen LogP contribution is 2.29. The number of alkyl carbamates (subject to hydrolysis) is 1. The lowest BCUT2D eigenvalue weighted by Gasteiger charge is -2.24. The molecule has 3 N–H and O–H groups in total. The highest BCUT2D eigenvalue weighted by atomic mass is 16.6. The fraction of sp³-hybridized carbons (Fsp3) is 0.591. The summed E-state index contributed by atoms with van der Waals surface area (Å²) in [5.41, 5.74) is 1.15. The van der Waals surface area contributed by atoms with E-state index in [2.05, 4.69) is 16.0 Å². The van der Waals surface area contributed by atoms with Crippen molar-refractivity contribution in [1.29, 1.82) is 0 Å². The number of amides is 3. The molecule has 4 atom stereocenters. The van der Waals surface area contributed by atoms with Gasteiger partial charge < -0.3 is 30.2 Å².